The molecule has 348 valence electrons. The van der Waals surface area contributed by atoms with Crippen LogP contribution < -0.4 is 4.90 Å². The first kappa shape index (κ1) is 41.8. The molecule has 0 atom stereocenters. The summed E-state index contributed by atoms with van der Waals surface area (Å²) in [4.78, 5) is 2.49. The Morgan fingerprint density at radius 2 is 0.773 bits per heavy atom. The maximum Gasteiger partial charge on any atom is 0.0726 e. The first-order chi connectivity index (χ1) is 37.2. The van der Waals surface area contributed by atoms with Crippen LogP contribution in [0.5, 0.6) is 0 Å². The molecule has 0 radical (unpaired) electrons. The molecule has 0 N–H and O–H groups in total. The summed E-state index contributed by atoms with van der Waals surface area (Å²) in [5, 5.41) is 10.0. The van der Waals surface area contributed by atoms with Crippen LogP contribution in [-0.4, -0.2) is 4.57 Å². The molecule has 1 spiro atoms. The van der Waals surface area contributed by atoms with Crippen LogP contribution in [0.15, 0.2) is 279 Å². The molecule has 2 heteroatoms. The Hall–Kier alpha value is -9.76. The van der Waals surface area contributed by atoms with E-state index in [1.807, 2.05) is 0 Å². The van der Waals surface area contributed by atoms with Gasteiger partial charge in [0.25, 0.3) is 0 Å². The van der Waals surface area contributed by atoms with Crippen molar-refractivity contribution >= 4 is 71.2 Å². The summed E-state index contributed by atoms with van der Waals surface area (Å²) in [5.41, 5.74) is 21.7. The van der Waals surface area contributed by atoms with Gasteiger partial charge in [-0.2, -0.15) is 0 Å². The van der Waals surface area contributed by atoms with Crippen LogP contribution in [0.4, 0.5) is 17.1 Å². The Balaban J connectivity index is 0.877. The van der Waals surface area contributed by atoms with Gasteiger partial charge in [-0.25, -0.2) is 0 Å². The second kappa shape index (κ2) is 16.1. The number of anilines is 3. The zero-order valence-electron chi connectivity index (χ0n) is 41.0. The van der Waals surface area contributed by atoms with Crippen molar-refractivity contribution in [2.24, 2.45) is 0 Å². The maximum absolute atomic E-state index is 2.49. The number of rotatable bonds is 6. The summed E-state index contributed by atoms with van der Waals surface area (Å²) in [6, 6.07) is 104. The molecule has 16 rings (SSSR count). The van der Waals surface area contributed by atoms with Crippen molar-refractivity contribution in [1.29, 1.82) is 0 Å². The first-order valence-corrected chi connectivity index (χ1v) is 26.1. The standard InChI is InChI=1S/C73H46N2/c1-2-17-54(18-3-1)75-70-46-53(38-43-61(70)62-44-37-50-16-5-7-20-58(50)72(62)75)48-35-41-56(42-36-48)74(55-39-33-47(34-40-55)52-32-31-51-30-29-49-15-4-6-19-57(49)64(51)45-52)69-28-14-27-68-71(69)63-23-10-13-26-67(63)73(68)65-24-11-8-21-59(65)60-22-9-12-25-66(60)73/h1-46H. The quantitative estimate of drug-likeness (QED) is 0.151. The molecular weight excluding hydrogens is 905 g/mol. The summed E-state index contributed by atoms with van der Waals surface area (Å²) < 4.78 is 2.46. The molecule has 13 aromatic carbocycles. The van der Waals surface area contributed by atoms with Crippen LogP contribution >= 0.6 is 0 Å². The van der Waals surface area contributed by atoms with E-state index in [0.29, 0.717) is 0 Å². The highest BCUT2D eigenvalue weighted by Gasteiger charge is 2.52. The van der Waals surface area contributed by atoms with Crippen LogP contribution in [0.2, 0.25) is 0 Å². The molecule has 75 heavy (non-hydrogen) atoms. The molecule has 14 aromatic rings. The monoisotopic (exact) mass is 950 g/mol. The summed E-state index contributed by atoms with van der Waals surface area (Å²) in [5.74, 6) is 0. The van der Waals surface area contributed by atoms with Crippen LogP contribution in [-0.2, 0) is 5.41 Å². The van der Waals surface area contributed by atoms with E-state index in [9.17, 15) is 0 Å². The zero-order chi connectivity index (χ0) is 49.2. The van der Waals surface area contributed by atoms with Gasteiger partial charge in [-0.3, -0.25) is 0 Å². The minimum absolute atomic E-state index is 0.456. The van der Waals surface area contributed by atoms with E-state index in [4.69, 9.17) is 0 Å². The Bertz CT molecular complexity index is 4590. The van der Waals surface area contributed by atoms with E-state index in [2.05, 4.69) is 289 Å². The average Bonchev–Trinajstić information content (AvgIpc) is 4.29. The van der Waals surface area contributed by atoms with E-state index < -0.39 is 5.41 Å². The predicted octanol–water partition coefficient (Wildman–Crippen LogP) is 19.4. The highest BCUT2D eigenvalue weighted by Crippen LogP contribution is 2.64. The van der Waals surface area contributed by atoms with Gasteiger partial charge in [-0.05, 0) is 143 Å². The number of hydrogen-bond acceptors (Lipinski definition) is 1. The van der Waals surface area contributed by atoms with Crippen LogP contribution in [0.1, 0.15) is 22.3 Å². The Labute approximate surface area is 435 Å². The third kappa shape index (κ3) is 6.02. The molecule has 0 saturated carbocycles. The number of aromatic nitrogens is 1. The van der Waals surface area contributed by atoms with E-state index >= 15 is 0 Å². The van der Waals surface area contributed by atoms with Gasteiger partial charge in [-0.1, -0.05) is 224 Å². The van der Waals surface area contributed by atoms with Crippen molar-refractivity contribution < 1.29 is 0 Å². The first-order valence-electron chi connectivity index (χ1n) is 26.1. The molecule has 0 amide bonds. The Morgan fingerprint density at radius 1 is 0.293 bits per heavy atom. The fraction of sp³-hybridized carbons (Fsp3) is 0.0137. The van der Waals surface area contributed by atoms with Crippen molar-refractivity contribution in [2.45, 2.75) is 5.41 Å². The van der Waals surface area contributed by atoms with Gasteiger partial charge in [0.2, 0.25) is 0 Å². The van der Waals surface area contributed by atoms with Crippen LogP contribution in [0, 0.1) is 0 Å². The van der Waals surface area contributed by atoms with Gasteiger partial charge in [0.1, 0.15) is 0 Å². The lowest BCUT2D eigenvalue weighted by molar-refractivity contribution is 0.794. The molecule has 0 saturated heterocycles. The average molecular weight is 951 g/mol. The van der Waals surface area contributed by atoms with Gasteiger partial charge in [0.15, 0.2) is 0 Å². The maximum atomic E-state index is 2.49. The van der Waals surface area contributed by atoms with Crippen molar-refractivity contribution in [1.82, 2.24) is 4.57 Å². The molecule has 0 bridgehead atoms. The summed E-state index contributed by atoms with van der Waals surface area (Å²) in [6.45, 7) is 0. The van der Waals surface area contributed by atoms with Gasteiger partial charge in [-0.15, -0.1) is 0 Å². The Morgan fingerprint density at radius 3 is 1.47 bits per heavy atom. The minimum atomic E-state index is -0.456. The highest BCUT2D eigenvalue weighted by molar-refractivity contribution is 6.19. The van der Waals surface area contributed by atoms with Crippen molar-refractivity contribution in [3.63, 3.8) is 0 Å². The van der Waals surface area contributed by atoms with Crippen LogP contribution in [0.3, 0.4) is 0 Å². The molecule has 1 heterocycles. The van der Waals surface area contributed by atoms with E-state index in [0.717, 1.165) is 28.3 Å². The highest BCUT2D eigenvalue weighted by atomic mass is 15.1. The van der Waals surface area contributed by atoms with Crippen molar-refractivity contribution in [3.05, 3.63) is 301 Å². The number of benzene rings is 13. The minimum Gasteiger partial charge on any atom is -0.310 e. The van der Waals surface area contributed by atoms with Crippen LogP contribution in [0.25, 0.3) is 104 Å². The van der Waals surface area contributed by atoms with Gasteiger partial charge >= 0.3 is 0 Å². The topological polar surface area (TPSA) is 8.17 Å². The van der Waals surface area contributed by atoms with Gasteiger partial charge in [0.05, 0.1) is 22.1 Å². The van der Waals surface area contributed by atoms with E-state index in [1.54, 1.807) is 0 Å². The zero-order valence-corrected chi connectivity index (χ0v) is 41.0. The smallest absolute Gasteiger partial charge is 0.0726 e. The van der Waals surface area contributed by atoms with Crippen molar-refractivity contribution in [3.8, 4) is 50.2 Å². The van der Waals surface area contributed by atoms with Crippen molar-refractivity contribution in [2.75, 3.05) is 4.90 Å². The molecule has 2 aliphatic rings. The third-order valence-electron chi connectivity index (χ3n) is 16.6. The summed E-state index contributed by atoms with van der Waals surface area (Å²) in [7, 11) is 0. The third-order valence-corrected chi connectivity index (χ3v) is 16.6. The number of para-hydroxylation sites is 1. The summed E-state index contributed by atoms with van der Waals surface area (Å²) >= 11 is 0. The predicted molar refractivity (Wildman–Crippen MR) is 315 cm³/mol. The molecule has 0 unspecified atom stereocenters. The largest absolute Gasteiger partial charge is 0.310 e. The number of fused-ring (bicyclic) bond motifs is 18. The SMILES string of the molecule is c1ccc(-n2c3cc(-c4ccc(N(c5ccc(-c6ccc7ccc8ccccc8c7c6)cc5)c5cccc6c5-c5ccccc5C65c6ccccc6-c6ccccc65)cc4)ccc3c3ccc4ccccc4c32)cc1. The molecule has 0 aliphatic heterocycles. The lowest BCUT2D eigenvalue weighted by Gasteiger charge is -2.32. The lowest BCUT2D eigenvalue weighted by Crippen LogP contribution is -2.26. The van der Waals surface area contributed by atoms with E-state index in [-0.39, 0.29) is 0 Å². The number of hydrogen-bond donors (Lipinski definition) is 0. The van der Waals surface area contributed by atoms with Gasteiger partial charge < -0.3 is 9.47 Å². The fourth-order valence-corrected chi connectivity index (χ4v) is 13.3. The molecule has 0 fully saturated rings. The second-order valence-electron chi connectivity index (χ2n) is 20.3. The molecule has 2 nitrogen and oxygen atoms in total. The fourth-order valence-electron chi connectivity index (χ4n) is 13.3. The lowest BCUT2D eigenvalue weighted by atomic mass is 9.70. The Kier molecular flexibility index (Phi) is 8.99. The molecule has 1 aromatic heterocycles. The number of nitrogens with zero attached hydrogens (tertiary/aromatic N) is 2. The molecule has 2 aliphatic carbocycles. The van der Waals surface area contributed by atoms with Gasteiger partial charge in [0, 0.05) is 38.8 Å². The normalized spacial score (nSPS) is 12.9. The van der Waals surface area contributed by atoms with E-state index in [1.165, 1.54) is 115 Å². The second-order valence-corrected chi connectivity index (χ2v) is 20.3. The molecular formula is C73H46N2. The summed E-state index contributed by atoms with van der Waals surface area (Å²) in [6.07, 6.45) is 0.